The fraction of sp³-hybridized carbons (Fsp3) is 0.696. The largest absolute Gasteiger partial charge is 0.462 e. The summed E-state index contributed by atoms with van der Waals surface area (Å²) in [6.45, 7) is 8.99. The second-order valence-electron chi connectivity index (χ2n) is 10.5. The first kappa shape index (κ1) is 28.5. The number of hydrogen-bond donors (Lipinski definition) is 3. The molecule has 0 bridgehead atoms. The fourth-order valence-electron chi connectivity index (χ4n) is 3.80. The molecular weight excluding hydrogens is 489 g/mol. The first-order valence-corrected chi connectivity index (χ1v) is 11.9. The van der Waals surface area contributed by atoms with Gasteiger partial charge in [0.05, 0.1) is 11.7 Å². The number of esters is 2. The highest BCUT2D eigenvalue weighted by Crippen LogP contribution is 2.44. The SMILES string of the molecule is CNc1nc(N)nc2c1ncn2[C@@H]1O[C@H](COC(=O)C(N)C(C)C)[C@@H](OCOC(=O)C(C)(C)C)[C@@]1(C)F. The second kappa shape index (κ2) is 10.7. The summed E-state index contributed by atoms with van der Waals surface area (Å²) >= 11 is 0. The van der Waals surface area contributed by atoms with Crippen molar-refractivity contribution in [1.82, 2.24) is 19.5 Å². The van der Waals surface area contributed by atoms with E-state index >= 15 is 4.39 Å². The summed E-state index contributed by atoms with van der Waals surface area (Å²) in [6, 6.07) is -0.863. The molecular formula is C23H36FN7O6. The molecule has 1 fully saturated rings. The van der Waals surface area contributed by atoms with Crippen LogP contribution in [0.15, 0.2) is 6.33 Å². The van der Waals surface area contributed by atoms with Crippen LogP contribution >= 0.6 is 0 Å². The number of carbonyl (C=O) groups is 2. The van der Waals surface area contributed by atoms with Gasteiger partial charge in [0, 0.05) is 7.05 Å². The normalized spacial score (nSPS) is 24.9. The van der Waals surface area contributed by atoms with Gasteiger partial charge in [-0.15, -0.1) is 0 Å². The van der Waals surface area contributed by atoms with Gasteiger partial charge in [-0.2, -0.15) is 9.97 Å². The highest BCUT2D eigenvalue weighted by atomic mass is 19.1. The number of rotatable bonds is 9. The summed E-state index contributed by atoms with van der Waals surface area (Å²) in [4.78, 5) is 37.1. The van der Waals surface area contributed by atoms with Crippen LogP contribution in [0.25, 0.3) is 11.2 Å². The molecule has 37 heavy (non-hydrogen) atoms. The Morgan fingerprint density at radius 1 is 1.30 bits per heavy atom. The summed E-state index contributed by atoms with van der Waals surface area (Å²) in [5, 5.41) is 2.87. The lowest BCUT2D eigenvalue weighted by atomic mass is 9.97. The molecule has 0 radical (unpaired) electrons. The van der Waals surface area contributed by atoms with Crippen molar-refractivity contribution in [3.05, 3.63) is 6.33 Å². The predicted octanol–water partition coefficient (Wildman–Crippen LogP) is 1.53. The van der Waals surface area contributed by atoms with Gasteiger partial charge in [0.2, 0.25) is 5.95 Å². The average molecular weight is 526 g/mol. The van der Waals surface area contributed by atoms with Crippen LogP contribution in [-0.4, -0.2) is 75.8 Å². The Hall–Kier alpha value is -3.10. The Morgan fingerprint density at radius 2 is 1.97 bits per heavy atom. The lowest BCUT2D eigenvalue weighted by molar-refractivity contribution is -0.180. The number of aromatic nitrogens is 4. The number of nitrogens with two attached hydrogens (primary N) is 2. The standard InChI is InChI=1S/C23H36FN7O6/c1-11(2)13(25)18(32)34-8-12-15(35-10-36-20(33)22(3,4)5)23(6,24)19(37-12)31-9-28-14-16(27-7)29-21(26)30-17(14)31/h9,11-13,15,19H,8,10,25H2,1-7H3,(H3,26,27,29,30)/t12-,13?,15-,19-,23-/m1/s1. The zero-order valence-electron chi connectivity index (χ0n) is 22.1. The third-order valence-corrected chi connectivity index (χ3v) is 6.04. The number of alkyl halides is 1. The van der Waals surface area contributed by atoms with E-state index in [1.165, 1.54) is 17.8 Å². The van der Waals surface area contributed by atoms with Crippen molar-refractivity contribution in [3.63, 3.8) is 0 Å². The van der Waals surface area contributed by atoms with Gasteiger partial charge in [0.1, 0.15) is 24.9 Å². The van der Waals surface area contributed by atoms with E-state index < -0.39 is 54.3 Å². The number of hydrogen-bond acceptors (Lipinski definition) is 12. The van der Waals surface area contributed by atoms with Gasteiger partial charge in [0.25, 0.3) is 0 Å². The van der Waals surface area contributed by atoms with Crippen molar-refractivity contribution in [3.8, 4) is 0 Å². The Balaban J connectivity index is 1.90. The van der Waals surface area contributed by atoms with Crippen molar-refractivity contribution < 1.29 is 32.9 Å². The Labute approximate surface area is 214 Å². The van der Waals surface area contributed by atoms with Crippen molar-refractivity contribution >= 4 is 34.9 Å². The van der Waals surface area contributed by atoms with Gasteiger partial charge in [-0.25, -0.2) is 9.37 Å². The van der Waals surface area contributed by atoms with E-state index in [1.54, 1.807) is 41.7 Å². The van der Waals surface area contributed by atoms with Crippen molar-refractivity contribution in [2.75, 3.05) is 31.5 Å². The quantitative estimate of drug-likeness (QED) is 0.318. The summed E-state index contributed by atoms with van der Waals surface area (Å²) in [7, 11) is 1.64. The van der Waals surface area contributed by atoms with Crippen LogP contribution < -0.4 is 16.8 Å². The summed E-state index contributed by atoms with van der Waals surface area (Å²) in [5.41, 5.74) is 9.29. The number of nitrogens with zero attached hydrogens (tertiary/aromatic N) is 4. The molecule has 13 nitrogen and oxygen atoms in total. The summed E-state index contributed by atoms with van der Waals surface area (Å²) in [5.74, 6) is -1.04. The first-order valence-electron chi connectivity index (χ1n) is 11.9. The molecule has 1 saturated heterocycles. The van der Waals surface area contributed by atoms with Crippen LogP contribution in [0.1, 0.15) is 47.8 Å². The van der Waals surface area contributed by atoms with E-state index in [-0.39, 0.29) is 24.1 Å². The van der Waals surface area contributed by atoms with E-state index in [9.17, 15) is 9.59 Å². The molecule has 5 atom stereocenters. The van der Waals surface area contributed by atoms with Crippen molar-refractivity contribution in [1.29, 1.82) is 0 Å². The van der Waals surface area contributed by atoms with Crippen LogP contribution in [0, 0.1) is 11.3 Å². The number of halogens is 1. The molecule has 1 unspecified atom stereocenters. The number of nitrogens with one attached hydrogen (secondary N) is 1. The Bertz CT molecular complexity index is 1130. The molecule has 1 aliphatic heterocycles. The molecule has 0 spiro atoms. The van der Waals surface area contributed by atoms with Gasteiger partial charge >= 0.3 is 11.9 Å². The van der Waals surface area contributed by atoms with Crippen LogP contribution in [0.2, 0.25) is 0 Å². The topological polar surface area (TPSA) is 179 Å². The molecule has 2 aromatic rings. The summed E-state index contributed by atoms with van der Waals surface area (Å²) in [6.07, 6.45) is -2.32. The number of fused-ring (bicyclic) bond motifs is 1. The van der Waals surface area contributed by atoms with Crippen LogP contribution in [0.4, 0.5) is 16.2 Å². The molecule has 0 amide bonds. The third kappa shape index (κ3) is 5.91. The minimum absolute atomic E-state index is 0.0489. The van der Waals surface area contributed by atoms with Crippen molar-refractivity contribution in [2.24, 2.45) is 17.1 Å². The number of ether oxygens (including phenoxy) is 4. The maximum absolute atomic E-state index is 16.4. The highest BCUT2D eigenvalue weighted by Gasteiger charge is 2.57. The lowest BCUT2D eigenvalue weighted by Crippen LogP contribution is -2.45. The first-order chi connectivity index (χ1) is 17.2. The van der Waals surface area contributed by atoms with Gasteiger partial charge in [0.15, 0.2) is 35.7 Å². The van der Waals surface area contributed by atoms with Crippen LogP contribution in [0.5, 0.6) is 0 Å². The van der Waals surface area contributed by atoms with E-state index in [0.717, 1.165) is 0 Å². The molecule has 0 aromatic carbocycles. The minimum Gasteiger partial charge on any atom is -0.462 e. The Morgan fingerprint density at radius 3 is 2.57 bits per heavy atom. The number of imidazole rings is 1. The average Bonchev–Trinajstić information content (AvgIpc) is 3.33. The Kier molecular flexibility index (Phi) is 8.24. The number of carbonyl (C=O) groups excluding carboxylic acids is 2. The molecule has 2 aromatic heterocycles. The summed E-state index contributed by atoms with van der Waals surface area (Å²) < 4.78 is 40.0. The maximum Gasteiger partial charge on any atom is 0.323 e. The molecule has 1 aliphatic rings. The van der Waals surface area contributed by atoms with E-state index in [4.69, 9.17) is 30.4 Å². The molecule has 3 heterocycles. The molecule has 3 rings (SSSR count). The monoisotopic (exact) mass is 525 g/mol. The smallest absolute Gasteiger partial charge is 0.323 e. The van der Waals surface area contributed by atoms with Crippen LogP contribution in [0.3, 0.4) is 0 Å². The van der Waals surface area contributed by atoms with Gasteiger partial charge in [-0.1, -0.05) is 13.8 Å². The third-order valence-electron chi connectivity index (χ3n) is 6.04. The maximum atomic E-state index is 16.4. The second-order valence-corrected chi connectivity index (χ2v) is 10.5. The van der Waals surface area contributed by atoms with Crippen molar-refractivity contribution in [2.45, 2.75) is 71.7 Å². The van der Waals surface area contributed by atoms with Gasteiger partial charge in [-0.05, 0) is 33.6 Å². The highest BCUT2D eigenvalue weighted by molar-refractivity contribution is 5.84. The molecule has 14 heteroatoms. The van der Waals surface area contributed by atoms with E-state index in [2.05, 4.69) is 20.3 Å². The fourth-order valence-corrected chi connectivity index (χ4v) is 3.80. The predicted molar refractivity (Wildman–Crippen MR) is 132 cm³/mol. The molecule has 206 valence electrons. The molecule has 5 N–H and O–H groups in total. The van der Waals surface area contributed by atoms with Crippen LogP contribution in [-0.2, 0) is 28.5 Å². The molecule has 0 aliphatic carbocycles. The number of nitrogen functional groups attached to an aromatic ring is 1. The van der Waals surface area contributed by atoms with Gasteiger partial charge < -0.3 is 35.7 Å². The minimum atomic E-state index is -2.21. The number of anilines is 2. The molecule has 0 saturated carbocycles. The van der Waals surface area contributed by atoms with E-state index in [1.807, 2.05) is 0 Å². The lowest BCUT2D eigenvalue weighted by Gasteiger charge is -2.28. The van der Waals surface area contributed by atoms with E-state index in [0.29, 0.717) is 11.3 Å². The zero-order chi connectivity index (χ0) is 27.7. The zero-order valence-corrected chi connectivity index (χ0v) is 22.1. The van der Waals surface area contributed by atoms with Gasteiger partial charge in [-0.3, -0.25) is 14.2 Å².